The molecule has 0 aliphatic carbocycles. The van der Waals surface area contributed by atoms with Gasteiger partial charge in [0, 0.05) is 26.6 Å². The molecule has 0 atom stereocenters. The molecule has 0 aromatic rings. The Morgan fingerprint density at radius 2 is 1.63 bits per heavy atom. The molecule has 2 heterocycles. The van der Waals surface area contributed by atoms with E-state index in [0.29, 0.717) is 0 Å². The van der Waals surface area contributed by atoms with E-state index in [1.165, 1.54) is 51.4 Å². The van der Waals surface area contributed by atoms with Gasteiger partial charge in [-0.3, -0.25) is 15.1 Å². The second-order valence-corrected chi connectivity index (χ2v) is 8.42. The highest BCUT2D eigenvalue weighted by molar-refractivity contribution is 6.00. The fraction of sp³-hybridized carbons (Fsp3) is 0.864. The lowest BCUT2D eigenvalue weighted by molar-refractivity contribution is -0.134. The van der Waals surface area contributed by atoms with E-state index in [2.05, 4.69) is 36.3 Å². The zero-order valence-electron chi connectivity index (χ0n) is 19.5. The molecular weight excluding hydrogens is 382 g/mol. The van der Waals surface area contributed by atoms with Crippen molar-refractivity contribution < 1.29 is 14.6 Å². The summed E-state index contributed by atoms with van der Waals surface area (Å²) in [6.45, 7) is 11.7. The van der Waals surface area contributed by atoms with E-state index in [-0.39, 0.29) is 5.66 Å². The van der Waals surface area contributed by atoms with Crippen LogP contribution in [0.1, 0.15) is 85.5 Å². The van der Waals surface area contributed by atoms with Crippen LogP contribution in [0.25, 0.3) is 0 Å². The van der Waals surface area contributed by atoms with Crippen molar-refractivity contribution in [2.24, 2.45) is 9.98 Å². The number of carboxylic acids is 1. The van der Waals surface area contributed by atoms with Gasteiger partial charge in [0.1, 0.15) is 5.66 Å². The number of nitrogens with one attached hydrogen (secondary N) is 2. The third-order valence-electron chi connectivity index (χ3n) is 4.88. The van der Waals surface area contributed by atoms with Crippen molar-refractivity contribution in [3.05, 3.63) is 0 Å². The number of ether oxygens (including phenoxy) is 1. The maximum absolute atomic E-state index is 9.00. The first-order chi connectivity index (χ1) is 14.3. The topological polar surface area (TPSA) is 98.5 Å². The number of hydrogen-bond acceptors (Lipinski definition) is 5. The van der Waals surface area contributed by atoms with Gasteiger partial charge in [0.15, 0.2) is 5.96 Å². The number of aliphatic imine (C=N–C) groups is 2. The number of guanidine groups is 2. The molecule has 0 radical (unpaired) electrons. The van der Waals surface area contributed by atoms with E-state index in [1.54, 1.807) is 0 Å². The average molecular weight is 426 g/mol. The Hall–Kier alpha value is -1.83. The highest BCUT2D eigenvalue weighted by atomic mass is 16.5. The zero-order valence-corrected chi connectivity index (χ0v) is 19.5. The van der Waals surface area contributed by atoms with Gasteiger partial charge in [0.2, 0.25) is 5.96 Å². The molecule has 0 aromatic carbocycles. The Balaban J connectivity index is 0.00000103. The minimum Gasteiger partial charge on any atom is -0.481 e. The smallest absolute Gasteiger partial charge is 0.300 e. The van der Waals surface area contributed by atoms with Crippen LogP contribution in [0.4, 0.5) is 0 Å². The molecule has 0 unspecified atom stereocenters. The number of aliphatic carboxylic acids is 1. The first kappa shape index (κ1) is 26.2. The van der Waals surface area contributed by atoms with Gasteiger partial charge in [-0.15, -0.1) is 0 Å². The summed E-state index contributed by atoms with van der Waals surface area (Å²) < 4.78 is 5.44. The van der Waals surface area contributed by atoms with Gasteiger partial charge in [0.05, 0.1) is 13.2 Å². The average Bonchev–Trinajstić information content (AvgIpc) is 2.68. The zero-order chi connectivity index (χ0) is 22.2. The number of unbranched alkanes of at least 4 members (excludes halogenated alkanes) is 8. The summed E-state index contributed by atoms with van der Waals surface area (Å²) in [7, 11) is 0. The summed E-state index contributed by atoms with van der Waals surface area (Å²) >= 11 is 0. The van der Waals surface area contributed by atoms with Gasteiger partial charge in [-0.2, -0.15) is 0 Å². The van der Waals surface area contributed by atoms with Gasteiger partial charge in [0.25, 0.3) is 5.97 Å². The van der Waals surface area contributed by atoms with Crippen molar-refractivity contribution in [1.82, 2.24) is 15.5 Å². The highest BCUT2D eigenvalue weighted by Crippen LogP contribution is 2.12. The van der Waals surface area contributed by atoms with Crippen LogP contribution in [-0.4, -0.2) is 66.4 Å². The van der Waals surface area contributed by atoms with E-state index < -0.39 is 5.97 Å². The van der Waals surface area contributed by atoms with Crippen LogP contribution in [0.15, 0.2) is 9.98 Å². The van der Waals surface area contributed by atoms with E-state index in [1.807, 2.05) is 0 Å². The van der Waals surface area contributed by atoms with Gasteiger partial charge >= 0.3 is 0 Å². The van der Waals surface area contributed by atoms with E-state index in [9.17, 15) is 0 Å². The maximum Gasteiger partial charge on any atom is 0.300 e. The van der Waals surface area contributed by atoms with Crippen LogP contribution in [0.2, 0.25) is 0 Å². The molecule has 0 spiro atoms. The standard InChI is InChI=1S/C20H39N5O.C2H4O2/c1-4-5-6-7-8-9-10-11-12-13-21-18-22-19(24-20(2,3)23-18)25-14-16-26-17-15-25;1-2(3)4/h4-17H2,1-3H3,(H2,21,22,23,24);1H3,(H,3,4). The molecule has 3 N–H and O–H groups in total. The van der Waals surface area contributed by atoms with Gasteiger partial charge in [-0.25, -0.2) is 4.99 Å². The second-order valence-electron chi connectivity index (χ2n) is 8.42. The number of morpholine rings is 1. The normalized spacial score (nSPS) is 19.3. The number of carbonyl (C=O) groups is 1. The van der Waals surface area contributed by atoms with Crippen LogP contribution in [0.5, 0.6) is 0 Å². The molecule has 2 rings (SSSR count). The van der Waals surface area contributed by atoms with Crippen LogP contribution in [-0.2, 0) is 9.53 Å². The molecule has 0 aromatic heterocycles. The van der Waals surface area contributed by atoms with Crippen molar-refractivity contribution in [2.75, 3.05) is 32.8 Å². The van der Waals surface area contributed by atoms with Crippen LogP contribution >= 0.6 is 0 Å². The molecule has 8 heteroatoms. The summed E-state index contributed by atoms with van der Waals surface area (Å²) in [6.07, 6.45) is 12.1. The number of carboxylic acid groups (broad SMARTS) is 1. The minimum absolute atomic E-state index is 0.323. The largest absolute Gasteiger partial charge is 0.481 e. The molecule has 30 heavy (non-hydrogen) atoms. The predicted octanol–water partition coefficient (Wildman–Crippen LogP) is 3.58. The predicted molar refractivity (Wildman–Crippen MR) is 123 cm³/mol. The van der Waals surface area contributed by atoms with Crippen molar-refractivity contribution in [1.29, 1.82) is 0 Å². The van der Waals surface area contributed by atoms with Crippen LogP contribution in [0.3, 0.4) is 0 Å². The lowest BCUT2D eigenvalue weighted by Crippen LogP contribution is -2.61. The molecule has 0 bridgehead atoms. The fourth-order valence-electron chi connectivity index (χ4n) is 3.36. The maximum atomic E-state index is 9.00. The Morgan fingerprint density at radius 3 is 2.20 bits per heavy atom. The second kappa shape index (κ2) is 15.0. The quantitative estimate of drug-likeness (QED) is 0.463. The molecule has 8 nitrogen and oxygen atoms in total. The van der Waals surface area contributed by atoms with Gasteiger partial charge in [-0.1, -0.05) is 58.3 Å². The molecule has 0 amide bonds. The molecule has 1 fully saturated rings. The van der Waals surface area contributed by atoms with E-state index in [4.69, 9.17) is 24.6 Å². The SMILES string of the molecule is CC(=O)O.CCCCCCCCCCCN=C1NC(N2CCOCC2)=NC(C)(C)N1. The highest BCUT2D eigenvalue weighted by Gasteiger charge is 2.28. The first-order valence-electron chi connectivity index (χ1n) is 11.6. The lowest BCUT2D eigenvalue weighted by atomic mass is 10.1. The molecular formula is C22H43N5O3. The van der Waals surface area contributed by atoms with Gasteiger partial charge in [-0.05, 0) is 20.3 Å². The summed E-state index contributed by atoms with van der Waals surface area (Å²) in [5.41, 5.74) is -0.323. The minimum atomic E-state index is -0.833. The van der Waals surface area contributed by atoms with E-state index in [0.717, 1.165) is 58.1 Å². The molecule has 2 aliphatic rings. The number of hydrogen-bond donors (Lipinski definition) is 3. The van der Waals surface area contributed by atoms with Crippen LogP contribution in [0, 0.1) is 0 Å². The Morgan fingerprint density at radius 1 is 1.10 bits per heavy atom. The summed E-state index contributed by atoms with van der Waals surface area (Å²) in [5.74, 6) is 0.939. The Labute approximate surface area is 182 Å². The van der Waals surface area contributed by atoms with Crippen molar-refractivity contribution in [2.45, 2.75) is 91.1 Å². The third-order valence-corrected chi connectivity index (χ3v) is 4.88. The van der Waals surface area contributed by atoms with Gasteiger partial charge < -0.3 is 20.1 Å². The molecule has 174 valence electrons. The van der Waals surface area contributed by atoms with Crippen molar-refractivity contribution in [3.8, 4) is 0 Å². The number of rotatable bonds is 10. The Kier molecular flexibility index (Phi) is 13.1. The van der Waals surface area contributed by atoms with E-state index >= 15 is 0 Å². The molecule has 2 aliphatic heterocycles. The van der Waals surface area contributed by atoms with Crippen molar-refractivity contribution in [3.63, 3.8) is 0 Å². The third kappa shape index (κ3) is 12.7. The summed E-state index contributed by atoms with van der Waals surface area (Å²) in [5, 5.41) is 14.2. The summed E-state index contributed by atoms with van der Waals surface area (Å²) in [6, 6.07) is 0. The Bertz CT molecular complexity index is 539. The first-order valence-corrected chi connectivity index (χ1v) is 11.6. The molecule has 1 saturated heterocycles. The summed E-state index contributed by atoms with van der Waals surface area (Å²) in [4.78, 5) is 20.8. The fourth-order valence-corrected chi connectivity index (χ4v) is 3.36. The van der Waals surface area contributed by atoms with Crippen molar-refractivity contribution >= 4 is 17.9 Å². The molecule has 0 saturated carbocycles. The lowest BCUT2D eigenvalue weighted by Gasteiger charge is -2.37. The van der Waals surface area contributed by atoms with Crippen LogP contribution < -0.4 is 10.6 Å². The number of nitrogens with zero attached hydrogens (tertiary/aromatic N) is 3. The monoisotopic (exact) mass is 425 g/mol.